The number of rotatable bonds is 2. The minimum Gasteiger partial charge on any atom is -0.444 e. The second kappa shape index (κ2) is 7.35. The van der Waals surface area contributed by atoms with E-state index in [0.717, 1.165) is 0 Å². The summed E-state index contributed by atoms with van der Waals surface area (Å²) in [5.74, 6) is -0.739. The Hall–Kier alpha value is -1.34. The van der Waals surface area contributed by atoms with Crippen molar-refractivity contribution in [3.05, 3.63) is 34.9 Å². The highest BCUT2D eigenvalue weighted by Crippen LogP contribution is 2.39. The van der Waals surface area contributed by atoms with Gasteiger partial charge in [-0.05, 0) is 38.5 Å². The largest absolute Gasteiger partial charge is 0.444 e. The summed E-state index contributed by atoms with van der Waals surface area (Å²) in [6, 6.07) is 6.45. The standard InChI is InChI=1S/C19H26ClNO5/c1-18(2,3)26-17(23)21-9-8-19(24-10-11-25-19)12-15(21)16(22)13-4-6-14(20)7-5-13/h4-7,15-16,22H,8-12H2,1-3H3. The van der Waals surface area contributed by atoms with Crippen molar-refractivity contribution < 1.29 is 24.1 Å². The maximum Gasteiger partial charge on any atom is 0.410 e. The van der Waals surface area contributed by atoms with Crippen molar-refractivity contribution in [2.24, 2.45) is 0 Å². The van der Waals surface area contributed by atoms with Crippen molar-refractivity contribution in [3.8, 4) is 0 Å². The van der Waals surface area contributed by atoms with E-state index in [-0.39, 0.29) is 0 Å². The van der Waals surface area contributed by atoms with Crippen LogP contribution in [0.2, 0.25) is 5.02 Å². The fourth-order valence-corrected chi connectivity index (χ4v) is 3.58. The van der Waals surface area contributed by atoms with Gasteiger partial charge >= 0.3 is 6.09 Å². The maximum absolute atomic E-state index is 12.7. The molecule has 3 rings (SSSR count). The smallest absolute Gasteiger partial charge is 0.410 e. The van der Waals surface area contributed by atoms with E-state index in [2.05, 4.69) is 0 Å². The molecule has 2 unspecified atom stereocenters. The fraction of sp³-hybridized carbons (Fsp3) is 0.632. The monoisotopic (exact) mass is 383 g/mol. The van der Waals surface area contributed by atoms with E-state index in [9.17, 15) is 9.90 Å². The Labute approximate surface area is 159 Å². The molecule has 2 aliphatic rings. The molecule has 1 N–H and O–H groups in total. The van der Waals surface area contributed by atoms with Gasteiger partial charge < -0.3 is 24.2 Å². The first kappa shape index (κ1) is 19.4. The topological polar surface area (TPSA) is 68.2 Å². The van der Waals surface area contributed by atoms with Crippen molar-refractivity contribution in [3.63, 3.8) is 0 Å². The zero-order chi connectivity index (χ0) is 18.9. The van der Waals surface area contributed by atoms with Gasteiger partial charge in [0.05, 0.1) is 25.4 Å². The van der Waals surface area contributed by atoms with Gasteiger partial charge in [-0.25, -0.2) is 4.79 Å². The Kier molecular flexibility index (Phi) is 5.49. The molecule has 2 atom stereocenters. The van der Waals surface area contributed by atoms with Gasteiger partial charge in [0.1, 0.15) is 5.60 Å². The van der Waals surface area contributed by atoms with Crippen molar-refractivity contribution >= 4 is 17.7 Å². The second-order valence-corrected chi connectivity index (χ2v) is 8.24. The Bertz CT molecular complexity index is 636. The second-order valence-electron chi connectivity index (χ2n) is 7.80. The van der Waals surface area contributed by atoms with E-state index in [4.69, 9.17) is 25.8 Å². The normalized spacial score (nSPS) is 23.9. The number of aliphatic hydroxyl groups excluding tert-OH is 1. The SMILES string of the molecule is CC(C)(C)OC(=O)N1CCC2(CC1C(O)c1ccc(Cl)cc1)OCCO2. The first-order valence-corrected chi connectivity index (χ1v) is 9.28. The summed E-state index contributed by atoms with van der Waals surface area (Å²) in [6.45, 7) is 6.91. The third-order valence-corrected chi connectivity index (χ3v) is 4.92. The lowest BCUT2D eigenvalue weighted by molar-refractivity contribution is -0.202. The molecule has 2 heterocycles. The molecule has 1 amide bonds. The zero-order valence-corrected chi connectivity index (χ0v) is 16.2. The van der Waals surface area contributed by atoms with Crippen LogP contribution in [0.15, 0.2) is 24.3 Å². The molecular weight excluding hydrogens is 358 g/mol. The van der Waals surface area contributed by atoms with Gasteiger partial charge in [0, 0.05) is 24.4 Å². The maximum atomic E-state index is 12.7. The predicted octanol–water partition coefficient (Wildman–Crippen LogP) is 3.52. The molecule has 1 aromatic carbocycles. The Morgan fingerprint density at radius 3 is 2.50 bits per heavy atom. The summed E-state index contributed by atoms with van der Waals surface area (Å²) < 4.78 is 17.2. The summed E-state index contributed by atoms with van der Waals surface area (Å²) in [4.78, 5) is 14.3. The van der Waals surface area contributed by atoms with Crippen molar-refractivity contribution in [1.29, 1.82) is 0 Å². The number of aliphatic hydroxyl groups is 1. The van der Waals surface area contributed by atoms with Gasteiger partial charge in [0.25, 0.3) is 0 Å². The number of nitrogens with zero attached hydrogens (tertiary/aromatic N) is 1. The molecule has 2 saturated heterocycles. The van der Waals surface area contributed by atoms with Crippen LogP contribution in [0, 0.1) is 0 Å². The van der Waals surface area contributed by atoms with Gasteiger partial charge in [-0.3, -0.25) is 0 Å². The number of carbonyl (C=O) groups is 1. The number of hydrogen-bond acceptors (Lipinski definition) is 5. The average Bonchev–Trinajstić information content (AvgIpc) is 3.01. The lowest BCUT2D eigenvalue weighted by Gasteiger charge is -2.45. The molecular formula is C19H26ClNO5. The van der Waals surface area contributed by atoms with E-state index in [1.807, 2.05) is 20.8 Å². The number of amides is 1. The molecule has 0 radical (unpaired) electrons. The molecule has 1 aromatic rings. The van der Waals surface area contributed by atoms with Crippen molar-refractivity contribution in [2.75, 3.05) is 19.8 Å². The number of likely N-dealkylation sites (tertiary alicyclic amines) is 1. The summed E-state index contributed by atoms with van der Waals surface area (Å²) in [7, 11) is 0. The van der Waals surface area contributed by atoms with E-state index in [1.54, 1.807) is 29.2 Å². The molecule has 1 spiro atoms. The van der Waals surface area contributed by atoms with Crippen LogP contribution in [0.1, 0.15) is 45.3 Å². The molecule has 0 aliphatic carbocycles. The van der Waals surface area contributed by atoms with Crippen molar-refractivity contribution in [1.82, 2.24) is 4.90 Å². The number of carbonyl (C=O) groups excluding carboxylic acids is 1. The van der Waals surface area contributed by atoms with E-state index in [0.29, 0.717) is 43.2 Å². The molecule has 0 aromatic heterocycles. The first-order chi connectivity index (χ1) is 12.2. The molecule has 2 aliphatic heterocycles. The van der Waals surface area contributed by atoms with Crippen LogP contribution in [0.25, 0.3) is 0 Å². The first-order valence-electron chi connectivity index (χ1n) is 8.90. The van der Waals surface area contributed by atoms with Crippen LogP contribution in [0.3, 0.4) is 0 Å². The van der Waals surface area contributed by atoms with Crippen LogP contribution >= 0.6 is 11.6 Å². The summed E-state index contributed by atoms with van der Waals surface area (Å²) in [6.07, 6.45) is -0.403. The zero-order valence-electron chi connectivity index (χ0n) is 15.4. The van der Waals surface area contributed by atoms with Crippen LogP contribution in [0.5, 0.6) is 0 Å². The van der Waals surface area contributed by atoms with Gasteiger partial charge in [-0.2, -0.15) is 0 Å². The number of hydrogen-bond donors (Lipinski definition) is 1. The molecule has 7 heteroatoms. The Morgan fingerprint density at radius 2 is 1.92 bits per heavy atom. The van der Waals surface area contributed by atoms with Crippen LogP contribution in [-0.2, 0) is 14.2 Å². The highest BCUT2D eigenvalue weighted by molar-refractivity contribution is 6.30. The number of halogens is 1. The molecule has 6 nitrogen and oxygen atoms in total. The van der Waals surface area contributed by atoms with Gasteiger partial charge in [-0.15, -0.1) is 0 Å². The Morgan fingerprint density at radius 1 is 1.31 bits per heavy atom. The minimum atomic E-state index is -0.898. The molecule has 2 fully saturated rings. The van der Waals surface area contributed by atoms with Crippen LogP contribution in [0.4, 0.5) is 4.79 Å². The van der Waals surface area contributed by atoms with Crippen LogP contribution in [-0.4, -0.2) is 53.3 Å². The van der Waals surface area contributed by atoms with E-state index in [1.165, 1.54) is 0 Å². The molecule has 0 saturated carbocycles. The summed E-state index contributed by atoms with van der Waals surface area (Å²) in [5.41, 5.74) is 0.0746. The van der Waals surface area contributed by atoms with E-state index < -0.39 is 29.6 Å². The Balaban J connectivity index is 1.85. The average molecular weight is 384 g/mol. The molecule has 144 valence electrons. The highest BCUT2D eigenvalue weighted by atomic mass is 35.5. The van der Waals surface area contributed by atoms with Crippen molar-refractivity contribution in [2.45, 2.75) is 57.1 Å². The minimum absolute atomic E-state index is 0.385. The van der Waals surface area contributed by atoms with Gasteiger partial charge in [0.15, 0.2) is 5.79 Å². The number of benzene rings is 1. The lowest BCUT2D eigenvalue weighted by atomic mass is 9.89. The quantitative estimate of drug-likeness (QED) is 0.846. The van der Waals surface area contributed by atoms with E-state index >= 15 is 0 Å². The third-order valence-electron chi connectivity index (χ3n) is 4.67. The fourth-order valence-electron chi connectivity index (χ4n) is 3.46. The third kappa shape index (κ3) is 4.31. The number of ether oxygens (including phenoxy) is 3. The summed E-state index contributed by atoms with van der Waals surface area (Å²) >= 11 is 5.95. The summed E-state index contributed by atoms with van der Waals surface area (Å²) in [5, 5.41) is 11.6. The highest BCUT2D eigenvalue weighted by Gasteiger charge is 2.48. The predicted molar refractivity (Wildman–Crippen MR) is 97.0 cm³/mol. The molecule has 26 heavy (non-hydrogen) atoms. The lowest BCUT2D eigenvalue weighted by Crippen LogP contribution is -2.56. The molecule has 0 bridgehead atoms. The van der Waals surface area contributed by atoms with Crippen LogP contribution < -0.4 is 0 Å². The van der Waals surface area contributed by atoms with Gasteiger partial charge in [0.2, 0.25) is 0 Å². The number of piperidine rings is 1. The van der Waals surface area contributed by atoms with Gasteiger partial charge in [-0.1, -0.05) is 23.7 Å².